The Labute approximate surface area is 149 Å². The summed E-state index contributed by atoms with van der Waals surface area (Å²) in [6.07, 6.45) is -0.209. The van der Waals surface area contributed by atoms with Crippen LogP contribution in [0.25, 0.3) is 10.8 Å². The highest BCUT2D eigenvalue weighted by atomic mass is 16.5. The minimum absolute atomic E-state index is 0.0211. The third kappa shape index (κ3) is 4.44. The molecule has 2 N–H and O–H groups in total. The SMILES string of the molecule is CCOC(=O)CCC(=O)NNC(=O)c1nn(CC)c(=O)c2ccccc12. The minimum Gasteiger partial charge on any atom is -0.466 e. The summed E-state index contributed by atoms with van der Waals surface area (Å²) in [5.41, 5.74) is 4.20. The quantitative estimate of drug-likeness (QED) is 0.572. The van der Waals surface area contributed by atoms with Crippen LogP contribution < -0.4 is 16.4 Å². The summed E-state index contributed by atoms with van der Waals surface area (Å²) in [6.45, 7) is 3.95. The molecule has 2 aromatic rings. The third-order valence-corrected chi connectivity index (χ3v) is 3.56. The molecule has 0 aliphatic heterocycles. The van der Waals surface area contributed by atoms with Gasteiger partial charge in [0.25, 0.3) is 11.5 Å². The number of carbonyl (C=O) groups is 3. The van der Waals surface area contributed by atoms with Gasteiger partial charge in [-0.2, -0.15) is 5.10 Å². The number of carbonyl (C=O) groups excluding carboxylic acids is 3. The summed E-state index contributed by atoms with van der Waals surface area (Å²) >= 11 is 0. The van der Waals surface area contributed by atoms with Crippen molar-refractivity contribution < 1.29 is 19.1 Å². The molecule has 26 heavy (non-hydrogen) atoms. The molecule has 9 heteroatoms. The second-order valence-electron chi connectivity index (χ2n) is 5.32. The number of hydrogen-bond acceptors (Lipinski definition) is 6. The lowest BCUT2D eigenvalue weighted by molar-refractivity contribution is -0.144. The number of esters is 1. The molecule has 0 fully saturated rings. The van der Waals surface area contributed by atoms with Crippen LogP contribution in [0.4, 0.5) is 0 Å². The molecule has 0 aliphatic rings. The fourth-order valence-electron chi connectivity index (χ4n) is 2.31. The minimum atomic E-state index is -0.659. The molecule has 2 amide bonds. The monoisotopic (exact) mass is 360 g/mol. The summed E-state index contributed by atoms with van der Waals surface area (Å²) in [7, 11) is 0. The van der Waals surface area contributed by atoms with Gasteiger partial charge < -0.3 is 4.74 Å². The molecule has 1 aromatic carbocycles. The van der Waals surface area contributed by atoms with Crippen LogP contribution in [0.1, 0.15) is 37.2 Å². The molecule has 0 unspecified atom stereocenters. The van der Waals surface area contributed by atoms with E-state index in [1.807, 2.05) is 0 Å². The maximum absolute atomic E-state index is 12.4. The third-order valence-electron chi connectivity index (χ3n) is 3.56. The van der Waals surface area contributed by atoms with Crippen LogP contribution in [-0.2, 0) is 20.9 Å². The van der Waals surface area contributed by atoms with Gasteiger partial charge >= 0.3 is 5.97 Å². The van der Waals surface area contributed by atoms with Crippen molar-refractivity contribution in [2.75, 3.05) is 6.61 Å². The summed E-state index contributed by atoms with van der Waals surface area (Å²) < 4.78 is 5.90. The van der Waals surface area contributed by atoms with E-state index in [0.29, 0.717) is 17.3 Å². The topological polar surface area (TPSA) is 119 Å². The highest BCUT2D eigenvalue weighted by Gasteiger charge is 2.17. The van der Waals surface area contributed by atoms with Gasteiger partial charge in [0.05, 0.1) is 18.4 Å². The molecular formula is C17H20N4O5. The molecular weight excluding hydrogens is 340 g/mol. The van der Waals surface area contributed by atoms with Gasteiger partial charge in [0.15, 0.2) is 5.69 Å². The number of benzene rings is 1. The number of nitrogens with zero attached hydrogens (tertiary/aromatic N) is 2. The van der Waals surface area contributed by atoms with E-state index in [-0.39, 0.29) is 30.7 Å². The zero-order valence-corrected chi connectivity index (χ0v) is 14.6. The molecule has 2 rings (SSSR count). The van der Waals surface area contributed by atoms with E-state index in [9.17, 15) is 19.2 Å². The summed E-state index contributed by atoms with van der Waals surface area (Å²) in [4.78, 5) is 47.6. The summed E-state index contributed by atoms with van der Waals surface area (Å²) in [5.74, 6) is -1.69. The fraction of sp³-hybridized carbons (Fsp3) is 0.353. The highest BCUT2D eigenvalue weighted by molar-refractivity contribution is 6.05. The maximum Gasteiger partial charge on any atom is 0.306 e. The number of ether oxygens (including phenoxy) is 1. The summed E-state index contributed by atoms with van der Waals surface area (Å²) in [6, 6.07) is 6.61. The van der Waals surface area contributed by atoms with Gasteiger partial charge in [0.2, 0.25) is 5.91 Å². The van der Waals surface area contributed by atoms with Crippen molar-refractivity contribution in [3.63, 3.8) is 0 Å². The number of aryl methyl sites for hydroxylation is 1. The average Bonchev–Trinajstić information content (AvgIpc) is 2.65. The van der Waals surface area contributed by atoms with Crippen molar-refractivity contribution >= 4 is 28.6 Å². The zero-order valence-electron chi connectivity index (χ0n) is 14.6. The Morgan fingerprint density at radius 2 is 1.77 bits per heavy atom. The number of fused-ring (bicyclic) bond motifs is 1. The van der Waals surface area contributed by atoms with E-state index in [1.165, 1.54) is 4.68 Å². The molecule has 0 radical (unpaired) electrons. The number of hydrogen-bond donors (Lipinski definition) is 2. The Hall–Kier alpha value is -3.23. The largest absolute Gasteiger partial charge is 0.466 e. The van der Waals surface area contributed by atoms with Gasteiger partial charge in [-0.25, -0.2) is 4.68 Å². The first-order valence-electron chi connectivity index (χ1n) is 8.22. The fourth-order valence-corrected chi connectivity index (χ4v) is 2.31. The smallest absolute Gasteiger partial charge is 0.306 e. The lowest BCUT2D eigenvalue weighted by atomic mass is 10.1. The van der Waals surface area contributed by atoms with E-state index in [1.54, 1.807) is 38.1 Å². The standard InChI is InChI=1S/C17H20N4O5/c1-3-21-17(25)12-8-6-5-7-11(12)15(20-21)16(24)19-18-13(22)9-10-14(23)26-4-2/h5-8H,3-4,9-10H2,1-2H3,(H,18,22)(H,19,24). The first-order chi connectivity index (χ1) is 12.5. The van der Waals surface area contributed by atoms with Crippen molar-refractivity contribution in [3.8, 4) is 0 Å². The van der Waals surface area contributed by atoms with Crippen LogP contribution in [0.2, 0.25) is 0 Å². The second-order valence-corrected chi connectivity index (χ2v) is 5.32. The molecule has 0 spiro atoms. The first-order valence-corrected chi connectivity index (χ1v) is 8.22. The number of aromatic nitrogens is 2. The highest BCUT2D eigenvalue weighted by Crippen LogP contribution is 2.12. The molecule has 0 atom stereocenters. The number of hydrazine groups is 1. The van der Waals surface area contributed by atoms with Crippen molar-refractivity contribution in [2.24, 2.45) is 0 Å². The number of nitrogens with one attached hydrogen (secondary N) is 2. The average molecular weight is 360 g/mol. The van der Waals surface area contributed by atoms with Crippen LogP contribution >= 0.6 is 0 Å². The molecule has 1 aromatic heterocycles. The Morgan fingerprint density at radius 3 is 2.42 bits per heavy atom. The van der Waals surface area contributed by atoms with Gasteiger partial charge in [0, 0.05) is 18.4 Å². The molecule has 0 bridgehead atoms. The van der Waals surface area contributed by atoms with Crippen molar-refractivity contribution in [2.45, 2.75) is 33.2 Å². The Balaban J connectivity index is 2.10. The molecule has 0 saturated carbocycles. The van der Waals surface area contributed by atoms with Crippen LogP contribution in [-0.4, -0.2) is 34.2 Å². The van der Waals surface area contributed by atoms with Crippen molar-refractivity contribution in [1.29, 1.82) is 0 Å². The van der Waals surface area contributed by atoms with Crippen molar-refractivity contribution in [1.82, 2.24) is 20.6 Å². The van der Waals surface area contributed by atoms with Gasteiger partial charge in [-0.1, -0.05) is 18.2 Å². The van der Waals surface area contributed by atoms with Gasteiger partial charge in [-0.05, 0) is 19.9 Å². The molecule has 1 heterocycles. The predicted octanol–water partition coefficient (Wildman–Crippen LogP) is 0.521. The lowest BCUT2D eigenvalue weighted by Gasteiger charge is -2.10. The Kier molecular flexibility index (Phi) is 6.42. The Morgan fingerprint density at radius 1 is 1.08 bits per heavy atom. The molecule has 9 nitrogen and oxygen atoms in total. The van der Waals surface area contributed by atoms with Crippen LogP contribution in [0, 0.1) is 0 Å². The molecule has 0 saturated heterocycles. The lowest BCUT2D eigenvalue weighted by Crippen LogP contribution is -2.42. The van der Waals surface area contributed by atoms with Crippen LogP contribution in [0.5, 0.6) is 0 Å². The first kappa shape index (κ1) is 19.1. The van der Waals surface area contributed by atoms with E-state index < -0.39 is 17.8 Å². The molecule has 0 aliphatic carbocycles. The van der Waals surface area contributed by atoms with E-state index >= 15 is 0 Å². The van der Waals surface area contributed by atoms with Gasteiger partial charge in [-0.15, -0.1) is 0 Å². The van der Waals surface area contributed by atoms with E-state index in [2.05, 4.69) is 16.0 Å². The van der Waals surface area contributed by atoms with Gasteiger partial charge in [-0.3, -0.25) is 30.0 Å². The van der Waals surface area contributed by atoms with Crippen LogP contribution in [0.3, 0.4) is 0 Å². The maximum atomic E-state index is 12.4. The van der Waals surface area contributed by atoms with Gasteiger partial charge in [0.1, 0.15) is 0 Å². The number of amides is 2. The van der Waals surface area contributed by atoms with E-state index in [0.717, 1.165) is 0 Å². The van der Waals surface area contributed by atoms with E-state index in [4.69, 9.17) is 4.74 Å². The Bertz CT molecular complexity index is 890. The number of rotatable bonds is 6. The van der Waals surface area contributed by atoms with Crippen molar-refractivity contribution in [3.05, 3.63) is 40.3 Å². The predicted molar refractivity (Wildman–Crippen MR) is 93.2 cm³/mol. The van der Waals surface area contributed by atoms with Crippen LogP contribution in [0.15, 0.2) is 29.1 Å². The zero-order chi connectivity index (χ0) is 19.1. The normalized spacial score (nSPS) is 10.4. The second kappa shape index (κ2) is 8.75. The summed E-state index contributed by atoms with van der Waals surface area (Å²) in [5, 5.41) is 4.82. The molecule has 138 valence electrons.